The van der Waals surface area contributed by atoms with Gasteiger partial charge in [-0.3, -0.25) is 4.79 Å². The molecule has 2 N–H and O–H groups in total. The monoisotopic (exact) mass is 346 g/mol. The Bertz CT molecular complexity index is 558. The van der Waals surface area contributed by atoms with Gasteiger partial charge in [0.1, 0.15) is 0 Å². The van der Waals surface area contributed by atoms with Gasteiger partial charge in [-0.1, -0.05) is 6.07 Å². The standard InChI is InChI=1S/C16H21F3N2O3/c1-23-14-7-11(4-5-13(14)24-10-16(17,18)19)8-21-15(22)12-3-2-6-20-9-12/h4-5,7,12,20H,2-3,6,8-10H2,1H3,(H,21,22)/t12-/m1/s1. The maximum Gasteiger partial charge on any atom is 0.422 e. The van der Waals surface area contributed by atoms with Crippen molar-refractivity contribution in [3.8, 4) is 11.5 Å². The van der Waals surface area contributed by atoms with E-state index in [0.29, 0.717) is 6.54 Å². The number of alkyl halides is 3. The van der Waals surface area contributed by atoms with Gasteiger partial charge in [0, 0.05) is 13.1 Å². The maximum atomic E-state index is 12.2. The molecular formula is C16H21F3N2O3. The molecule has 1 aliphatic heterocycles. The number of carbonyl (C=O) groups is 1. The summed E-state index contributed by atoms with van der Waals surface area (Å²) in [6.45, 7) is 0.499. The number of hydrogen-bond donors (Lipinski definition) is 2. The molecule has 1 fully saturated rings. The third-order valence-electron chi connectivity index (χ3n) is 3.75. The van der Waals surface area contributed by atoms with Crippen molar-refractivity contribution in [2.24, 2.45) is 5.92 Å². The van der Waals surface area contributed by atoms with Crippen LogP contribution in [0.2, 0.25) is 0 Å². The molecule has 5 nitrogen and oxygen atoms in total. The first-order valence-electron chi connectivity index (χ1n) is 7.74. The van der Waals surface area contributed by atoms with Crippen LogP contribution in [0.1, 0.15) is 18.4 Å². The van der Waals surface area contributed by atoms with E-state index in [1.807, 2.05) is 0 Å². The zero-order valence-corrected chi connectivity index (χ0v) is 13.4. The highest BCUT2D eigenvalue weighted by atomic mass is 19.4. The Balaban J connectivity index is 1.92. The fraction of sp³-hybridized carbons (Fsp3) is 0.562. The Kier molecular flexibility index (Phi) is 6.30. The van der Waals surface area contributed by atoms with Crippen LogP contribution in [0.4, 0.5) is 13.2 Å². The van der Waals surface area contributed by atoms with Crippen LogP contribution in [0.3, 0.4) is 0 Å². The minimum atomic E-state index is -4.41. The lowest BCUT2D eigenvalue weighted by Gasteiger charge is -2.22. The van der Waals surface area contributed by atoms with Crippen LogP contribution >= 0.6 is 0 Å². The Hall–Kier alpha value is -1.96. The summed E-state index contributed by atoms with van der Waals surface area (Å²) in [6.07, 6.45) is -2.59. The highest BCUT2D eigenvalue weighted by Crippen LogP contribution is 2.29. The van der Waals surface area contributed by atoms with Gasteiger partial charge >= 0.3 is 6.18 Å². The van der Waals surface area contributed by atoms with E-state index in [4.69, 9.17) is 9.47 Å². The summed E-state index contributed by atoms with van der Waals surface area (Å²) < 4.78 is 46.5. The summed E-state index contributed by atoms with van der Waals surface area (Å²) in [7, 11) is 1.35. The molecule has 0 aromatic heterocycles. The van der Waals surface area contributed by atoms with Gasteiger partial charge < -0.3 is 20.1 Å². The predicted octanol–water partition coefficient (Wildman–Crippen LogP) is 2.25. The van der Waals surface area contributed by atoms with Gasteiger partial charge in [0.15, 0.2) is 18.1 Å². The lowest BCUT2D eigenvalue weighted by Crippen LogP contribution is -2.40. The summed E-state index contributed by atoms with van der Waals surface area (Å²) >= 11 is 0. The third kappa shape index (κ3) is 5.59. The number of methoxy groups -OCH3 is 1. The van der Waals surface area contributed by atoms with Gasteiger partial charge in [-0.05, 0) is 37.1 Å². The molecule has 1 aromatic rings. The molecule has 1 aromatic carbocycles. The van der Waals surface area contributed by atoms with Crippen molar-refractivity contribution >= 4 is 5.91 Å². The van der Waals surface area contributed by atoms with Gasteiger partial charge in [0.05, 0.1) is 13.0 Å². The van der Waals surface area contributed by atoms with E-state index < -0.39 is 12.8 Å². The zero-order valence-electron chi connectivity index (χ0n) is 13.4. The molecular weight excluding hydrogens is 325 g/mol. The van der Waals surface area contributed by atoms with Crippen molar-refractivity contribution in [1.82, 2.24) is 10.6 Å². The van der Waals surface area contributed by atoms with Crippen molar-refractivity contribution in [3.05, 3.63) is 23.8 Å². The van der Waals surface area contributed by atoms with Crippen LogP contribution in [0.15, 0.2) is 18.2 Å². The van der Waals surface area contributed by atoms with E-state index in [-0.39, 0.29) is 29.9 Å². The molecule has 1 saturated heterocycles. The van der Waals surface area contributed by atoms with Gasteiger partial charge in [-0.2, -0.15) is 13.2 Å². The fourth-order valence-electron chi connectivity index (χ4n) is 2.51. The van der Waals surface area contributed by atoms with E-state index in [1.54, 1.807) is 12.1 Å². The minimum Gasteiger partial charge on any atom is -0.493 e. The fourth-order valence-corrected chi connectivity index (χ4v) is 2.51. The Morgan fingerprint density at radius 1 is 1.38 bits per heavy atom. The second-order valence-corrected chi connectivity index (χ2v) is 5.65. The summed E-state index contributed by atoms with van der Waals surface area (Å²) in [6, 6.07) is 4.58. The molecule has 0 spiro atoms. The van der Waals surface area contributed by atoms with Crippen LogP contribution in [0.5, 0.6) is 11.5 Å². The molecule has 1 heterocycles. The molecule has 1 amide bonds. The van der Waals surface area contributed by atoms with Gasteiger partial charge in [0.2, 0.25) is 5.91 Å². The smallest absolute Gasteiger partial charge is 0.422 e. The number of rotatable bonds is 6. The number of benzene rings is 1. The Morgan fingerprint density at radius 2 is 2.17 bits per heavy atom. The van der Waals surface area contributed by atoms with Crippen LogP contribution in [0.25, 0.3) is 0 Å². The van der Waals surface area contributed by atoms with E-state index in [9.17, 15) is 18.0 Å². The lowest BCUT2D eigenvalue weighted by atomic mass is 9.99. The van der Waals surface area contributed by atoms with Gasteiger partial charge in [-0.15, -0.1) is 0 Å². The minimum absolute atomic E-state index is 0.0152. The predicted molar refractivity (Wildman–Crippen MR) is 82.0 cm³/mol. The number of nitrogens with one attached hydrogen (secondary N) is 2. The number of ether oxygens (including phenoxy) is 2. The van der Waals surface area contributed by atoms with Crippen LogP contribution in [-0.4, -0.2) is 38.9 Å². The second-order valence-electron chi connectivity index (χ2n) is 5.65. The number of piperidine rings is 1. The van der Waals surface area contributed by atoms with Gasteiger partial charge in [-0.25, -0.2) is 0 Å². The molecule has 1 atom stereocenters. The highest BCUT2D eigenvalue weighted by Gasteiger charge is 2.29. The van der Waals surface area contributed by atoms with E-state index in [0.717, 1.165) is 24.9 Å². The van der Waals surface area contributed by atoms with Crippen molar-refractivity contribution in [2.45, 2.75) is 25.6 Å². The zero-order chi connectivity index (χ0) is 17.6. The molecule has 0 saturated carbocycles. The van der Waals surface area contributed by atoms with Gasteiger partial charge in [0.25, 0.3) is 0 Å². The third-order valence-corrected chi connectivity index (χ3v) is 3.75. The van der Waals surface area contributed by atoms with E-state index >= 15 is 0 Å². The largest absolute Gasteiger partial charge is 0.493 e. The Labute approximate surface area is 138 Å². The van der Waals surface area contributed by atoms with Crippen molar-refractivity contribution < 1.29 is 27.4 Å². The molecule has 0 unspecified atom stereocenters. The lowest BCUT2D eigenvalue weighted by molar-refractivity contribution is -0.153. The molecule has 0 aliphatic carbocycles. The number of amides is 1. The molecule has 2 rings (SSSR count). The number of carbonyl (C=O) groups excluding carboxylic acids is 1. The molecule has 1 aliphatic rings. The summed E-state index contributed by atoms with van der Waals surface area (Å²) in [5, 5.41) is 6.02. The summed E-state index contributed by atoms with van der Waals surface area (Å²) in [4.78, 5) is 12.1. The van der Waals surface area contributed by atoms with E-state index in [1.165, 1.54) is 13.2 Å². The average Bonchev–Trinajstić information content (AvgIpc) is 2.58. The Morgan fingerprint density at radius 3 is 2.79 bits per heavy atom. The number of halogens is 3. The normalized spacial score (nSPS) is 18.1. The van der Waals surface area contributed by atoms with Crippen LogP contribution < -0.4 is 20.1 Å². The van der Waals surface area contributed by atoms with Crippen molar-refractivity contribution in [3.63, 3.8) is 0 Å². The molecule has 0 bridgehead atoms. The second kappa shape index (κ2) is 8.23. The maximum absolute atomic E-state index is 12.2. The molecule has 134 valence electrons. The van der Waals surface area contributed by atoms with E-state index in [2.05, 4.69) is 10.6 Å². The first-order chi connectivity index (χ1) is 11.4. The first-order valence-corrected chi connectivity index (χ1v) is 7.74. The summed E-state index contributed by atoms with van der Waals surface area (Å²) in [5.41, 5.74) is 0.725. The first kappa shape index (κ1) is 18.4. The van der Waals surface area contributed by atoms with Crippen LogP contribution in [-0.2, 0) is 11.3 Å². The SMILES string of the molecule is COc1cc(CNC(=O)[C@@H]2CCCNC2)ccc1OCC(F)(F)F. The number of hydrogen-bond acceptors (Lipinski definition) is 4. The summed E-state index contributed by atoms with van der Waals surface area (Å²) in [5.74, 6) is 0.139. The van der Waals surface area contributed by atoms with Crippen LogP contribution in [0, 0.1) is 5.92 Å². The highest BCUT2D eigenvalue weighted by molar-refractivity contribution is 5.79. The molecule has 24 heavy (non-hydrogen) atoms. The average molecular weight is 346 g/mol. The quantitative estimate of drug-likeness (QED) is 0.830. The topological polar surface area (TPSA) is 59.6 Å². The molecule has 8 heteroatoms. The molecule has 0 radical (unpaired) electrons. The van der Waals surface area contributed by atoms with Crippen molar-refractivity contribution in [2.75, 3.05) is 26.8 Å². The van der Waals surface area contributed by atoms with Crippen molar-refractivity contribution in [1.29, 1.82) is 0 Å².